The molecule has 1 aromatic heterocycles. The normalized spacial score (nSPS) is 21.7. The smallest absolute Gasteiger partial charge is 0.325 e. The summed E-state index contributed by atoms with van der Waals surface area (Å²) in [6, 6.07) is 8.55. The Kier molecular flexibility index (Phi) is 3.01. The molecule has 0 bridgehead atoms. The number of carbonyl (C=O) groups excluding carboxylic acids is 2. The summed E-state index contributed by atoms with van der Waals surface area (Å²) in [7, 11) is 0. The second-order valence-corrected chi connectivity index (χ2v) is 5.05. The summed E-state index contributed by atoms with van der Waals surface area (Å²) in [6.07, 6.45) is 1.44. The maximum absolute atomic E-state index is 13.2. The molecule has 0 unspecified atom stereocenters. The van der Waals surface area contributed by atoms with Crippen LogP contribution in [0.25, 0.3) is 0 Å². The van der Waals surface area contributed by atoms with Gasteiger partial charge in [-0.25, -0.2) is 9.18 Å². The van der Waals surface area contributed by atoms with E-state index in [-0.39, 0.29) is 6.54 Å². The maximum atomic E-state index is 13.2. The second kappa shape index (κ2) is 4.73. The van der Waals surface area contributed by atoms with Crippen molar-refractivity contribution in [2.24, 2.45) is 0 Å². The van der Waals surface area contributed by atoms with E-state index in [0.29, 0.717) is 11.3 Å². The molecule has 1 N–H and O–H groups in total. The van der Waals surface area contributed by atoms with Crippen molar-refractivity contribution in [2.45, 2.75) is 19.0 Å². The van der Waals surface area contributed by atoms with Crippen LogP contribution < -0.4 is 5.32 Å². The van der Waals surface area contributed by atoms with E-state index in [9.17, 15) is 14.0 Å². The summed E-state index contributed by atoms with van der Waals surface area (Å²) >= 11 is 0. The van der Waals surface area contributed by atoms with Gasteiger partial charge in [0.15, 0.2) is 5.54 Å². The fourth-order valence-electron chi connectivity index (χ4n) is 2.39. The topological polar surface area (TPSA) is 62.6 Å². The second-order valence-electron chi connectivity index (χ2n) is 5.05. The summed E-state index contributed by atoms with van der Waals surface area (Å²) < 4.78 is 18.4. The molecule has 5 nitrogen and oxygen atoms in total. The van der Waals surface area contributed by atoms with E-state index in [1.165, 1.54) is 24.5 Å². The molecule has 1 aromatic carbocycles. The Bertz CT molecular complexity index is 699. The van der Waals surface area contributed by atoms with Gasteiger partial charge in [-0.15, -0.1) is 0 Å². The van der Waals surface area contributed by atoms with E-state index in [0.717, 1.165) is 4.90 Å². The fraction of sp³-hybridized carbons (Fsp3) is 0.200. The Balaban J connectivity index is 1.88. The summed E-state index contributed by atoms with van der Waals surface area (Å²) in [5.74, 6) is -0.470. The molecule has 3 amide bonds. The number of halogens is 1. The molecule has 1 fully saturated rings. The minimum absolute atomic E-state index is 0.0126. The van der Waals surface area contributed by atoms with Crippen LogP contribution in [0, 0.1) is 5.82 Å². The van der Waals surface area contributed by atoms with Crippen molar-refractivity contribution in [1.29, 1.82) is 0 Å². The van der Waals surface area contributed by atoms with Gasteiger partial charge in [0.05, 0.1) is 12.8 Å². The lowest BCUT2D eigenvalue weighted by Gasteiger charge is -2.19. The lowest BCUT2D eigenvalue weighted by Crippen LogP contribution is -2.40. The van der Waals surface area contributed by atoms with E-state index < -0.39 is 23.3 Å². The Hall–Kier alpha value is -2.63. The number of hydrogen-bond donors (Lipinski definition) is 1. The molecule has 0 radical (unpaired) electrons. The largest absolute Gasteiger partial charge is 0.466 e. The molecule has 1 aliphatic rings. The Morgan fingerprint density at radius 2 is 2.10 bits per heavy atom. The minimum Gasteiger partial charge on any atom is -0.466 e. The number of imide groups is 1. The zero-order valence-corrected chi connectivity index (χ0v) is 11.3. The molecular weight excluding hydrogens is 275 g/mol. The van der Waals surface area contributed by atoms with E-state index >= 15 is 0 Å². The molecular formula is C15H13FN2O3. The highest BCUT2D eigenvalue weighted by molar-refractivity contribution is 6.06. The number of benzene rings is 1. The first-order chi connectivity index (χ1) is 10.0. The quantitative estimate of drug-likeness (QED) is 0.882. The molecule has 6 heteroatoms. The molecule has 1 aliphatic heterocycles. The van der Waals surface area contributed by atoms with Gasteiger partial charge in [0.2, 0.25) is 0 Å². The predicted molar refractivity (Wildman–Crippen MR) is 71.5 cm³/mol. The molecule has 0 aliphatic carbocycles. The van der Waals surface area contributed by atoms with Crippen LogP contribution in [0.5, 0.6) is 0 Å². The number of nitrogens with zero attached hydrogens (tertiary/aromatic N) is 1. The van der Waals surface area contributed by atoms with Crippen LogP contribution >= 0.6 is 0 Å². The third kappa shape index (κ3) is 2.18. The van der Waals surface area contributed by atoms with Gasteiger partial charge in [-0.3, -0.25) is 9.69 Å². The van der Waals surface area contributed by atoms with Gasteiger partial charge in [-0.2, -0.15) is 0 Å². The molecule has 108 valence electrons. The highest BCUT2D eigenvalue weighted by Crippen LogP contribution is 2.29. The van der Waals surface area contributed by atoms with Crippen molar-refractivity contribution >= 4 is 11.9 Å². The number of hydrogen-bond acceptors (Lipinski definition) is 3. The number of carbonyl (C=O) groups is 2. The van der Waals surface area contributed by atoms with Crippen LogP contribution in [0.1, 0.15) is 18.2 Å². The number of furan rings is 1. The van der Waals surface area contributed by atoms with Gasteiger partial charge >= 0.3 is 6.03 Å². The zero-order valence-electron chi connectivity index (χ0n) is 11.3. The Labute approximate surface area is 120 Å². The van der Waals surface area contributed by atoms with Crippen molar-refractivity contribution in [3.63, 3.8) is 0 Å². The lowest BCUT2D eigenvalue weighted by atomic mass is 9.99. The van der Waals surface area contributed by atoms with Crippen LogP contribution in [-0.4, -0.2) is 16.8 Å². The highest BCUT2D eigenvalue weighted by Gasteiger charge is 2.50. The number of rotatable bonds is 3. The maximum Gasteiger partial charge on any atom is 0.325 e. The third-order valence-electron chi connectivity index (χ3n) is 3.52. The van der Waals surface area contributed by atoms with E-state index in [4.69, 9.17) is 4.42 Å². The summed E-state index contributed by atoms with van der Waals surface area (Å²) in [5, 5.41) is 2.62. The first-order valence-electron chi connectivity index (χ1n) is 6.43. The van der Waals surface area contributed by atoms with Crippen LogP contribution in [-0.2, 0) is 16.9 Å². The number of urea groups is 1. The van der Waals surface area contributed by atoms with Gasteiger partial charge in [0.25, 0.3) is 5.91 Å². The Morgan fingerprint density at radius 1 is 1.29 bits per heavy atom. The van der Waals surface area contributed by atoms with Gasteiger partial charge in [0, 0.05) is 0 Å². The van der Waals surface area contributed by atoms with Crippen LogP contribution in [0.4, 0.5) is 9.18 Å². The van der Waals surface area contributed by atoms with Crippen LogP contribution in [0.15, 0.2) is 47.1 Å². The number of nitrogens with one attached hydrogen (secondary N) is 1. The molecule has 1 atom stereocenters. The van der Waals surface area contributed by atoms with Crippen LogP contribution in [0.2, 0.25) is 0 Å². The molecule has 1 saturated heterocycles. The number of amides is 3. The molecule has 0 saturated carbocycles. The molecule has 0 spiro atoms. The van der Waals surface area contributed by atoms with Crippen LogP contribution in [0.3, 0.4) is 0 Å². The highest BCUT2D eigenvalue weighted by atomic mass is 19.1. The first-order valence-corrected chi connectivity index (χ1v) is 6.43. The van der Waals surface area contributed by atoms with Gasteiger partial charge in [-0.05, 0) is 36.8 Å². The lowest BCUT2D eigenvalue weighted by molar-refractivity contribution is -0.132. The van der Waals surface area contributed by atoms with Crippen molar-refractivity contribution in [2.75, 3.05) is 0 Å². The third-order valence-corrected chi connectivity index (χ3v) is 3.52. The fourth-order valence-corrected chi connectivity index (χ4v) is 2.39. The van der Waals surface area contributed by atoms with Crippen molar-refractivity contribution in [1.82, 2.24) is 10.2 Å². The van der Waals surface area contributed by atoms with E-state index in [2.05, 4.69) is 5.32 Å². The average Bonchev–Trinajstić information content (AvgIpc) is 3.04. The minimum atomic E-state index is -1.23. The monoisotopic (exact) mass is 288 g/mol. The molecule has 3 rings (SSSR count). The summed E-state index contributed by atoms with van der Waals surface area (Å²) in [5.41, 5.74) is -0.685. The zero-order chi connectivity index (χ0) is 15.0. The average molecular weight is 288 g/mol. The summed E-state index contributed by atoms with van der Waals surface area (Å²) in [6.45, 7) is 1.59. The van der Waals surface area contributed by atoms with Gasteiger partial charge in [0.1, 0.15) is 11.6 Å². The molecule has 2 heterocycles. The van der Waals surface area contributed by atoms with Crippen molar-refractivity contribution in [3.05, 3.63) is 59.8 Å². The van der Waals surface area contributed by atoms with Crippen molar-refractivity contribution < 1.29 is 18.4 Å². The van der Waals surface area contributed by atoms with E-state index in [1.807, 2.05) is 0 Å². The summed E-state index contributed by atoms with van der Waals surface area (Å²) in [4.78, 5) is 25.6. The first kappa shape index (κ1) is 13.4. The van der Waals surface area contributed by atoms with Gasteiger partial charge in [-0.1, -0.05) is 12.1 Å². The predicted octanol–water partition coefficient (Wildman–Crippen LogP) is 2.39. The van der Waals surface area contributed by atoms with Crippen molar-refractivity contribution in [3.8, 4) is 0 Å². The van der Waals surface area contributed by atoms with E-state index in [1.54, 1.807) is 25.1 Å². The Morgan fingerprint density at radius 3 is 2.76 bits per heavy atom. The SMILES string of the molecule is C[C@]1(c2ccco2)NC(=O)N(Cc2cccc(F)c2)C1=O. The standard InChI is InChI=1S/C15H13FN2O3/c1-15(12-6-3-7-21-12)13(19)18(14(20)17-15)9-10-4-2-5-11(16)8-10/h2-8H,9H2,1H3,(H,17,20)/t15-/m1/s1. The molecule has 2 aromatic rings. The molecule has 21 heavy (non-hydrogen) atoms. The van der Waals surface area contributed by atoms with Gasteiger partial charge < -0.3 is 9.73 Å².